The molecular weight excluding hydrogens is 286 g/mol. The third kappa shape index (κ3) is 2.93. The van der Waals surface area contributed by atoms with Gasteiger partial charge in [-0.15, -0.1) is 0 Å². The average Bonchev–Trinajstić information content (AvgIpc) is 2.31. The molecule has 0 aliphatic carbocycles. The lowest BCUT2D eigenvalue weighted by Gasteiger charge is -2.25. The first-order valence-electron chi connectivity index (χ1n) is 5.54. The van der Waals surface area contributed by atoms with Crippen LogP contribution in [0.3, 0.4) is 0 Å². The Morgan fingerprint density at radius 2 is 2.12 bits per heavy atom. The van der Waals surface area contributed by atoms with E-state index in [9.17, 15) is 5.11 Å². The molecule has 0 bridgehead atoms. The Morgan fingerprint density at radius 1 is 1.38 bits per heavy atom. The summed E-state index contributed by atoms with van der Waals surface area (Å²) in [6.45, 7) is 0.0746. The van der Waals surface area contributed by atoms with Crippen molar-refractivity contribution in [3.05, 3.63) is 28.2 Å². The first-order valence-corrected chi connectivity index (χ1v) is 7.48. The molecule has 88 valence electrons. The molecule has 0 unspecified atom stereocenters. The Balaban J connectivity index is 2.10. The van der Waals surface area contributed by atoms with E-state index in [1.54, 1.807) is 0 Å². The van der Waals surface area contributed by atoms with E-state index >= 15 is 0 Å². The fourth-order valence-electron chi connectivity index (χ4n) is 1.92. The standard InChI is InChI=1S/C12H16BrNOS/c13-11-2-1-3-12(10(11)8-15)14-9-4-6-16-7-5-9/h1-3,9,14-15H,4-8H2. The molecule has 1 aromatic carbocycles. The SMILES string of the molecule is OCc1c(Br)cccc1NC1CCSCC1. The van der Waals surface area contributed by atoms with Crippen LogP contribution < -0.4 is 5.32 Å². The van der Waals surface area contributed by atoms with Gasteiger partial charge in [-0.25, -0.2) is 0 Å². The quantitative estimate of drug-likeness (QED) is 0.899. The van der Waals surface area contributed by atoms with Crippen LogP contribution >= 0.6 is 27.7 Å². The molecule has 2 rings (SSSR count). The van der Waals surface area contributed by atoms with Crippen LogP contribution in [0, 0.1) is 0 Å². The molecule has 0 atom stereocenters. The molecule has 0 saturated carbocycles. The van der Waals surface area contributed by atoms with Crippen molar-refractivity contribution < 1.29 is 5.11 Å². The van der Waals surface area contributed by atoms with Crippen molar-refractivity contribution in [3.63, 3.8) is 0 Å². The molecular formula is C12H16BrNOS. The monoisotopic (exact) mass is 301 g/mol. The highest BCUT2D eigenvalue weighted by atomic mass is 79.9. The summed E-state index contributed by atoms with van der Waals surface area (Å²) >= 11 is 5.49. The largest absolute Gasteiger partial charge is 0.392 e. The second-order valence-electron chi connectivity index (χ2n) is 3.96. The number of benzene rings is 1. The molecule has 1 saturated heterocycles. The summed E-state index contributed by atoms with van der Waals surface area (Å²) in [5, 5.41) is 12.9. The number of hydrogen-bond acceptors (Lipinski definition) is 3. The van der Waals surface area contributed by atoms with Gasteiger partial charge in [-0.2, -0.15) is 11.8 Å². The number of nitrogens with one attached hydrogen (secondary N) is 1. The minimum atomic E-state index is 0.0746. The Labute approximate surface area is 109 Å². The third-order valence-electron chi connectivity index (χ3n) is 2.86. The molecule has 2 N–H and O–H groups in total. The lowest BCUT2D eigenvalue weighted by molar-refractivity contribution is 0.281. The van der Waals surface area contributed by atoms with E-state index in [0.29, 0.717) is 6.04 Å². The maximum Gasteiger partial charge on any atom is 0.0713 e. The maximum atomic E-state index is 9.35. The fourth-order valence-corrected chi connectivity index (χ4v) is 3.51. The highest BCUT2D eigenvalue weighted by Crippen LogP contribution is 2.27. The minimum Gasteiger partial charge on any atom is -0.392 e. The molecule has 0 spiro atoms. The van der Waals surface area contributed by atoms with Crippen LogP contribution in [-0.4, -0.2) is 22.7 Å². The summed E-state index contributed by atoms with van der Waals surface area (Å²) in [6, 6.07) is 6.56. The van der Waals surface area contributed by atoms with Gasteiger partial charge in [0.2, 0.25) is 0 Å². The molecule has 16 heavy (non-hydrogen) atoms. The van der Waals surface area contributed by atoms with Crippen LogP contribution in [0.5, 0.6) is 0 Å². The Hall–Kier alpha value is -0.190. The zero-order valence-electron chi connectivity index (χ0n) is 9.08. The third-order valence-corrected chi connectivity index (χ3v) is 4.65. The number of thioether (sulfide) groups is 1. The van der Waals surface area contributed by atoms with Crippen molar-refractivity contribution in [3.8, 4) is 0 Å². The van der Waals surface area contributed by atoms with Crippen molar-refractivity contribution in [1.29, 1.82) is 0 Å². The Morgan fingerprint density at radius 3 is 2.81 bits per heavy atom. The lowest BCUT2D eigenvalue weighted by Crippen LogP contribution is -2.25. The van der Waals surface area contributed by atoms with Gasteiger partial charge in [-0.1, -0.05) is 22.0 Å². The van der Waals surface area contributed by atoms with Gasteiger partial charge in [0.15, 0.2) is 0 Å². The average molecular weight is 302 g/mol. The molecule has 4 heteroatoms. The van der Waals surface area contributed by atoms with Crippen LogP contribution in [0.25, 0.3) is 0 Å². The predicted molar refractivity (Wildman–Crippen MR) is 74.0 cm³/mol. The van der Waals surface area contributed by atoms with Gasteiger partial charge in [-0.05, 0) is 36.5 Å². The van der Waals surface area contributed by atoms with Crippen molar-refractivity contribution in [2.24, 2.45) is 0 Å². The van der Waals surface area contributed by atoms with E-state index in [4.69, 9.17) is 0 Å². The number of rotatable bonds is 3. The number of aliphatic hydroxyl groups excluding tert-OH is 1. The summed E-state index contributed by atoms with van der Waals surface area (Å²) in [4.78, 5) is 0. The van der Waals surface area contributed by atoms with E-state index in [1.807, 2.05) is 30.0 Å². The Kier molecular flexibility index (Phi) is 4.55. The van der Waals surface area contributed by atoms with E-state index in [1.165, 1.54) is 24.3 Å². The first-order chi connectivity index (χ1) is 7.81. The summed E-state index contributed by atoms with van der Waals surface area (Å²) in [6.07, 6.45) is 2.42. The van der Waals surface area contributed by atoms with Gasteiger partial charge in [0.05, 0.1) is 6.61 Å². The van der Waals surface area contributed by atoms with E-state index < -0.39 is 0 Å². The van der Waals surface area contributed by atoms with Crippen molar-refractivity contribution >= 4 is 33.4 Å². The smallest absolute Gasteiger partial charge is 0.0713 e. The van der Waals surface area contributed by atoms with Gasteiger partial charge >= 0.3 is 0 Å². The van der Waals surface area contributed by atoms with Gasteiger partial charge in [-0.3, -0.25) is 0 Å². The van der Waals surface area contributed by atoms with Crippen molar-refractivity contribution in [2.75, 3.05) is 16.8 Å². The molecule has 1 aliphatic rings. The first kappa shape index (κ1) is 12.3. The van der Waals surface area contributed by atoms with Crippen LogP contribution in [-0.2, 0) is 6.61 Å². The maximum absolute atomic E-state index is 9.35. The lowest BCUT2D eigenvalue weighted by atomic mass is 10.1. The van der Waals surface area contributed by atoms with E-state index in [0.717, 1.165) is 15.7 Å². The summed E-state index contributed by atoms with van der Waals surface area (Å²) in [5.41, 5.74) is 2.02. The van der Waals surface area contributed by atoms with Crippen LogP contribution in [0.15, 0.2) is 22.7 Å². The fraction of sp³-hybridized carbons (Fsp3) is 0.500. The molecule has 2 nitrogen and oxygen atoms in total. The van der Waals surface area contributed by atoms with Gasteiger partial charge in [0.25, 0.3) is 0 Å². The van der Waals surface area contributed by atoms with Gasteiger partial charge < -0.3 is 10.4 Å². The van der Waals surface area contributed by atoms with E-state index in [-0.39, 0.29) is 6.61 Å². The van der Waals surface area contributed by atoms with Gasteiger partial charge in [0.1, 0.15) is 0 Å². The zero-order chi connectivity index (χ0) is 11.4. The summed E-state index contributed by atoms with van der Waals surface area (Å²) < 4.78 is 0.977. The predicted octanol–water partition coefficient (Wildman–Crippen LogP) is 3.25. The van der Waals surface area contributed by atoms with Crippen molar-refractivity contribution in [2.45, 2.75) is 25.5 Å². The Bertz CT molecular complexity index is 353. The summed E-state index contributed by atoms with van der Waals surface area (Å²) in [7, 11) is 0. The molecule has 0 aromatic heterocycles. The molecule has 1 aromatic rings. The van der Waals surface area contributed by atoms with Crippen molar-refractivity contribution in [1.82, 2.24) is 0 Å². The molecule has 1 heterocycles. The molecule has 1 fully saturated rings. The normalized spacial score (nSPS) is 17.4. The second kappa shape index (κ2) is 5.94. The van der Waals surface area contributed by atoms with Crippen LogP contribution in [0.1, 0.15) is 18.4 Å². The number of aliphatic hydroxyl groups is 1. The van der Waals surface area contributed by atoms with Gasteiger partial charge in [0, 0.05) is 21.8 Å². The molecule has 0 radical (unpaired) electrons. The minimum absolute atomic E-state index is 0.0746. The topological polar surface area (TPSA) is 32.3 Å². The number of hydrogen-bond donors (Lipinski definition) is 2. The number of anilines is 1. The van der Waals surface area contributed by atoms with E-state index in [2.05, 4.69) is 21.2 Å². The van der Waals surface area contributed by atoms with Crippen LogP contribution in [0.4, 0.5) is 5.69 Å². The number of halogens is 1. The summed E-state index contributed by atoms with van der Waals surface area (Å²) in [5.74, 6) is 2.47. The molecule has 0 amide bonds. The second-order valence-corrected chi connectivity index (χ2v) is 6.03. The van der Waals surface area contributed by atoms with Crippen LogP contribution in [0.2, 0.25) is 0 Å². The highest BCUT2D eigenvalue weighted by Gasteiger charge is 2.15. The molecule has 1 aliphatic heterocycles. The highest BCUT2D eigenvalue weighted by molar-refractivity contribution is 9.10. The zero-order valence-corrected chi connectivity index (χ0v) is 11.5.